The van der Waals surface area contributed by atoms with Gasteiger partial charge in [0.15, 0.2) is 11.5 Å². The van der Waals surface area contributed by atoms with E-state index in [0.717, 1.165) is 16.6 Å². The Kier molecular flexibility index (Phi) is 4.09. The minimum atomic E-state index is -0.159. The van der Waals surface area contributed by atoms with E-state index in [-0.39, 0.29) is 19.1 Å². The third kappa shape index (κ3) is 3.14. The molecule has 0 spiro atoms. The van der Waals surface area contributed by atoms with Crippen molar-refractivity contribution >= 4 is 33.4 Å². The molecule has 0 saturated carbocycles. The molecule has 2 aromatic heterocycles. The van der Waals surface area contributed by atoms with Gasteiger partial charge in [0.25, 0.3) is 0 Å². The molecule has 10 heteroatoms. The van der Waals surface area contributed by atoms with Gasteiger partial charge in [0.05, 0.1) is 12.1 Å². The predicted molar refractivity (Wildman–Crippen MR) is 102 cm³/mol. The van der Waals surface area contributed by atoms with Gasteiger partial charge in [-0.25, -0.2) is 4.68 Å². The summed E-state index contributed by atoms with van der Waals surface area (Å²) >= 11 is 1.30. The van der Waals surface area contributed by atoms with Gasteiger partial charge >= 0.3 is 0 Å². The Morgan fingerprint density at radius 3 is 2.96 bits per heavy atom. The summed E-state index contributed by atoms with van der Waals surface area (Å²) in [5.74, 6) is 1.23. The first-order chi connectivity index (χ1) is 13.8. The average Bonchev–Trinajstić information content (AvgIpc) is 3.45. The summed E-state index contributed by atoms with van der Waals surface area (Å²) in [5.41, 5.74) is 2.56. The molecule has 1 amide bonds. The standard InChI is InChI=1S/C18H14N6O3S/c25-16(7-8-24-13-4-2-1-3-12(13)20-23-24)19-18-22-21-17(28-18)11-5-6-14-15(9-11)27-10-26-14/h1-6,9H,7-8,10H2,(H,19,22,25). The summed E-state index contributed by atoms with van der Waals surface area (Å²) < 4.78 is 12.4. The molecule has 5 rings (SSSR count). The van der Waals surface area contributed by atoms with E-state index in [9.17, 15) is 4.79 Å². The first kappa shape index (κ1) is 16.6. The lowest BCUT2D eigenvalue weighted by molar-refractivity contribution is -0.116. The Morgan fingerprint density at radius 1 is 1.11 bits per heavy atom. The molecule has 140 valence electrons. The summed E-state index contributed by atoms with van der Waals surface area (Å²) in [4.78, 5) is 12.3. The molecule has 1 aliphatic heterocycles. The number of amides is 1. The number of ether oxygens (including phenoxy) is 2. The second-order valence-corrected chi connectivity index (χ2v) is 7.06. The normalized spacial score (nSPS) is 12.4. The van der Waals surface area contributed by atoms with E-state index < -0.39 is 0 Å². The molecule has 0 unspecified atom stereocenters. The molecule has 1 aliphatic rings. The first-order valence-electron chi connectivity index (χ1n) is 8.58. The molecule has 4 aromatic rings. The molecule has 1 N–H and O–H groups in total. The Bertz CT molecular complexity index is 1170. The number of rotatable bonds is 5. The van der Waals surface area contributed by atoms with Crippen LogP contribution in [0.5, 0.6) is 11.5 Å². The molecular formula is C18H14N6O3S. The smallest absolute Gasteiger partial charge is 0.231 e. The zero-order valence-electron chi connectivity index (χ0n) is 14.5. The monoisotopic (exact) mass is 394 g/mol. The lowest BCUT2D eigenvalue weighted by atomic mass is 10.2. The Balaban J connectivity index is 1.23. The second-order valence-electron chi connectivity index (χ2n) is 6.08. The first-order valence-corrected chi connectivity index (χ1v) is 9.39. The van der Waals surface area contributed by atoms with Crippen LogP contribution in [0.4, 0.5) is 5.13 Å². The predicted octanol–water partition coefficient (Wildman–Crippen LogP) is 2.71. The fourth-order valence-electron chi connectivity index (χ4n) is 2.89. The highest BCUT2D eigenvalue weighted by Gasteiger charge is 2.16. The van der Waals surface area contributed by atoms with Gasteiger partial charge in [0, 0.05) is 12.0 Å². The van der Waals surface area contributed by atoms with Gasteiger partial charge in [0.1, 0.15) is 10.5 Å². The molecule has 0 radical (unpaired) electrons. The highest BCUT2D eigenvalue weighted by Crippen LogP contribution is 2.37. The number of anilines is 1. The van der Waals surface area contributed by atoms with Crippen molar-refractivity contribution in [3.05, 3.63) is 42.5 Å². The lowest BCUT2D eigenvalue weighted by Gasteiger charge is -2.02. The van der Waals surface area contributed by atoms with Crippen LogP contribution in [-0.2, 0) is 11.3 Å². The van der Waals surface area contributed by atoms with Crippen LogP contribution in [-0.4, -0.2) is 37.9 Å². The molecule has 2 aromatic carbocycles. The number of nitrogens with zero attached hydrogens (tertiary/aromatic N) is 5. The van der Waals surface area contributed by atoms with Crippen molar-refractivity contribution in [3.8, 4) is 22.1 Å². The van der Waals surface area contributed by atoms with Crippen LogP contribution < -0.4 is 14.8 Å². The zero-order valence-corrected chi connectivity index (χ0v) is 15.3. The summed E-state index contributed by atoms with van der Waals surface area (Å²) in [5, 5.41) is 20.3. The van der Waals surface area contributed by atoms with Gasteiger partial charge in [-0.05, 0) is 30.3 Å². The maximum Gasteiger partial charge on any atom is 0.231 e. The van der Waals surface area contributed by atoms with Crippen molar-refractivity contribution in [1.29, 1.82) is 0 Å². The maximum atomic E-state index is 12.3. The van der Waals surface area contributed by atoms with Crippen molar-refractivity contribution in [2.24, 2.45) is 0 Å². The van der Waals surface area contributed by atoms with Crippen molar-refractivity contribution in [3.63, 3.8) is 0 Å². The van der Waals surface area contributed by atoms with Gasteiger partial charge in [-0.3, -0.25) is 4.79 Å². The molecule has 28 heavy (non-hydrogen) atoms. The Morgan fingerprint density at radius 2 is 2.00 bits per heavy atom. The van der Waals surface area contributed by atoms with Gasteiger partial charge < -0.3 is 14.8 Å². The van der Waals surface area contributed by atoms with Crippen molar-refractivity contribution in [2.45, 2.75) is 13.0 Å². The van der Waals surface area contributed by atoms with Crippen LogP contribution in [0.2, 0.25) is 0 Å². The van der Waals surface area contributed by atoms with Gasteiger partial charge in [-0.2, -0.15) is 0 Å². The topological polar surface area (TPSA) is 104 Å². The number of benzene rings is 2. The van der Waals surface area contributed by atoms with Crippen molar-refractivity contribution in [2.75, 3.05) is 12.1 Å². The second kappa shape index (κ2) is 6.89. The molecule has 0 atom stereocenters. The minimum absolute atomic E-state index is 0.159. The molecule has 0 saturated heterocycles. The van der Waals surface area contributed by atoms with E-state index in [0.29, 0.717) is 28.2 Å². The van der Waals surface area contributed by atoms with Crippen LogP contribution >= 0.6 is 11.3 Å². The highest BCUT2D eigenvalue weighted by molar-refractivity contribution is 7.18. The van der Waals surface area contributed by atoms with Crippen LogP contribution in [0.25, 0.3) is 21.6 Å². The van der Waals surface area contributed by atoms with Crippen molar-refractivity contribution < 1.29 is 14.3 Å². The van der Waals surface area contributed by atoms with E-state index >= 15 is 0 Å². The number of fused-ring (bicyclic) bond motifs is 2. The third-order valence-corrected chi connectivity index (χ3v) is 5.15. The number of carbonyl (C=O) groups excluding carboxylic acids is 1. The minimum Gasteiger partial charge on any atom is -0.454 e. The fourth-order valence-corrected chi connectivity index (χ4v) is 3.65. The molecule has 0 fully saturated rings. The van der Waals surface area contributed by atoms with E-state index in [1.165, 1.54) is 11.3 Å². The fraction of sp³-hybridized carbons (Fsp3) is 0.167. The zero-order chi connectivity index (χ0) is 18.9. The van der Waals surface area contributed by atoms with E-state index in [4.69, 9.17) is 9.47 Å². The lowest BCUT2D eigenvalue weighted by Crippen LogP contribution is -2.15. The number of para-hydroxylation sites is 1. The molecule has 0 bridgehead atoms. The summed E-state index contributed by atoms with van der Waals surface area (Å²) in [6, 6.07) is 13.2. The van der Waals surface area contributed by atoms with Crippen molar-refractivity contribution in [1.82, 2.24) is 25.2 Å². The van der Waals surface area contributed by atoms with E-state index in [1.807, 2.05) is 42.5 Å². The summed E-state index contributed by atoms with van der Waals surface area (Å²) in [6.07, 6.45) is 0.256. The quantitative estimate of drug-likeness (QED) is 0.555. The largest absolute Gasteiger partial charge is 0.454 e. The van der Waals surface area contributed by atoms with E-state index in [1.54, 1.807) is 4.68 Å². The van der Waals surface area contributed by atoms with Gasteiger partial charge in [-0.1, -0.05) is 28.7 Å². The van der Waals surface area contributed by atoms with Crippen LogP contribution in [0, 0.1) is 0 Å². The molecular weight excluding hydrogens is 380 g/mol. The number of carbonyl (C=O) groups is 1. The van der Waals surface area contributed by atoms with Gasteiger partial charge in [-0.15, -0.1) is 15.3 Å². The van der Waals surface area contributed by atoms with E-state index in [2.05, 4.69) is 25.8 Å². The third-order valence-electron chi connectivity index (χ3n) is 4.26. The number of aryl methyl sites for hydroxylation is 1. The highest BCUT2D eigenvalue weighted by atomic mass is 32.1. The van der Waals surface area contributed by atoms with Crippen LogP contribution in [0.3, 0.4) is 0 Å². The average molecular weight is 394 g/mol. The number of aromatic nitrogens is 5. The van der Waals surface area contributed by atoms with Gasteiger partial charge in [0.2, 0.25) is 17.8 Å². The Labute approximate surface area is 162 Å². The Hall–Kier alpha value is -3.53. The summed E-state index contributed by atoms with van der Waals surface area (Å²) in [6.45, 7) is 0.650. The maximum absolute atomic E-state index is 12.3. The number of nitrogens with one attached hydrogen (secondary N) is 1. The van der Waals surface area contributed by atoms with Crippen LogP contribution in [0.1, 0.15) is 6.42 Å². The number of hydrogen-bond acceptors (Lipinski definition) is 8. The molecule has 9 nitrogen and oxygen atoms in total. The molecule has 0 aliphatic carbocycles. The number of hydrogen-bond donors (Lipinski definition) is 1. The summed E-state index contributed by atoms with van der Waals surface area (Å²) in [7, 11) is 0. The SMILES string of the molecule is O=C(CCn1nnc2ccccc21)Nc1nnc(-c2ccc3c(c2)OCO3)s1. The molecule has 3 heterocycles. The van der Waals surface area contributed by atoms with Crippen LogP contribution in [0.15, 0.2) is 42.5 Å².